The fourth-order valence-corrected chi connectivity index (χ4v) is 7.40. The monoisotopic (exact) mass is 666 g/mol. The van der Waals surface area contributed by atoms with Crippen LogP contribution in [-0.2, 0) is 19.2 Å². The number of urea groups is 1. The molecule has 0 aromatic heterocycles. The van der Waals surface area contributed by atoms with Gasteiger partial charge in [-0.25, -0.2) is 4.79 Å². The third-order valence-corrected chi connectivity index (χ3v) is 10.2. The predicted octanol–water partition coefficient (Wildman–Crippen LogP) is 4.44. The summed E-state index contributed by atoms with van der Waals surface area (Å²) < 4.78 is 0. The average Bonchev–Trinajstić information content (AvgIpc) is 3.59. The Morgan fingerprint density at radius 3 is 1.43 bits per heavy atom. The largest absolute Gasteiger partial charge is 0.356 e. The second kappa shape index (κ2) is 25.6. The number of unbranched alkanes of at least 4 members (excludes halogenated alkanes) is 10. The van der Waals surface area contributed by atoms with Crippen molar-refractivity contribution in [1.82, 2.24) is 31.9 Å². The molecule has 3 unspecified atom stereocenters. The molecule has 6 N–H and O–H groups in total. The van der Waals surface area contributed by atoms with Crippen LogP contribution in [0.15, 0.2) is 0 Å². The summed E-state index contributed by atoms with van der Waals surface area (Å²) in [6, 6.07) is 0.414. The van der Waals surface area contributed by atoms with Gasteiger partial charge in [-0.15, -0.1) is 0 Å². The lowest BCUT2D eigenvalue weighted by atomic mass is 10.0. The minimum Gasteiger partial charge on any atom is -0.356 e. The molecule has 2 heterocycles. The summed E-state index contributed by atoms with van der Waals surface area (Å²) in [5, 5.41) is 18.3. The summed E-state index contributed by atoms with van der Waals surface area (Å²) in [7, 11) is 0. The van der Waals surface area contributed by atoms with E-state index in [1.807, 2.05) is 11.8 Å². The number of amides is 6. The second-order valence-corrected chi connectivity index (χ2v) is 14.0. The van der Waals surface area contributed by atoms with Gasteiger partial charge in [-0.1, -0.05) is 51.9 Å². The number of hydrogen-bond donors (Lipinski definition) is 6. The molecule has 2 saturated heterocycles. The molecule has 0 aliphatic carbocycles. The van der Waals surface area contributed by atoms with Gasteiger partial charge in [0.1, 0.15) is 0 Å². The maximum atomic E-state index is 12.1. The SMILES string of the molecule is CCCCCCNC(=O)CCCCCNC(=O)CCCCCNC(=O)CCCCCNC(=O)CCCCC1SCC2NC(=O)NC21. The number of carbonyl (C=O) groups excluding carboxylic acids is 5. The topological polar surface area (TPSA) is 158 Å². The summed E-state index contributed by atoms with van der Waals surface area (Å²) in [6.45, 7) is 4.89. The van der Waals surface area contributed by atoms with Crippen LogP contribution in [-0.4, -0.2) is 78.9 Å². The summed E-state index contributed by atoms with van der Waals surface area (Å²) in [6.07, 6.45) is 17.4. The van der Waals surface area contributed by atoms with Crippen LogP contribution in [0.5, 0.6) is 0 Å². The second-order valence-electron chi connectivity index (χ2n) is 12.8. The third-order valence-electron chi connectivity index (χ3n) is 8.64. The molecule has 0 aromatic rings. The minimum absolute atomic E-state index is 0.0586. The number of nitrogens with one attached hydrogen (secondary N) is 6. The minimum atomic E-state index is -0.0586. The summed E-state index contributed by atoms with van der Waals surface area (Å²) in [4.78, 5) is 59.4. The number of fused-ring (bicyclic) bond motifs is 1. The van der Waals surface area contributed by atoms with Crippen molar-refractivity contribution in [3.05, 3.63) is 0 Å². The Bertz CT molecular complexity index is 907. The number of rotatable bonds is 28. The molecule has 12 heteroatoms. The maximum absolute atomic E-state index is 12.1. The Labute approximate surface area is 281 Å². The molecule has 0 aromatic carbocycles. The highest BCUT2D eigenvalue weighted by Crippen LogP contribution is 2.33. The zero-order valence-electron chi connectivity index (χ0n) is 28.4. The van der Waals surface area contributed by atoms with E-state index in [-0.39, 0.29) is 41.7 Å². The van der Waals surface area contributed by atoms with Gasteiger partial charge in [-0.3, -0.25) is 19.2 Å². The molecule has 6 amide bonds. The summed E-state index contributed by atoms with van der Waals surface area (Å²) in [5.41, 5.74) is 0. The van der Waals surface area contributed by atoms with Gasteiger partial charge in [0.2, 0.25) is 23.6 Å². The van der Waals surface area contributed by atoms with Gasteiger partial charge in [0.15, 0.2) is 0 Å². The Hall–Kier alpha value is -2.50. The molecule has 2 rings (SSSR count). The van der Waals surface area contributed by atoms with Gasteiger partial charge in [0.05, 0.1) is 12.1 Å². The van der Waals surface area contributed by atoms with Crippen molar-refractivity contribution in [2.24, 2.45) is 0 Å². The van der Waals surface area contributed by atoms with Crippen LogP contribution >= 0.6 is 11.8 Å². The Morgan fingerprint density at radius 2 is 1.00 bits per heavy atom. The van der Waals surface area contributed by atoms with Crippen molar-refractivity contribution in [1.29, 1.82) is 0 Å². The smallest absolute Gasteiger partial charge is 0.315 e. The Kier molecular flexibility index (Phi) is 22.1. The predicted molar refractivity (Wildman–Crippen MR) is 186 cm³/mol. The van der Waals surface area contributed by atoms with Gasteiger partial charge in [0.25, 0.3) is 0 Å². The molecule has 0 radical (unpaired) electrons. The Balaban J connectivity index is 1.28. The molecule has 264 valence electrons. The molecule has 0 saturated carbocycles. The van der Waals surface area contributed by atoms with Gasteiger partial charge >= 0.3 is 6.03 Å². The van der Waals surface area contributed by atoms with E-state index in [2.05, 4.69) is 38.8 Å². The third kappa shape index (κ3) is 19.2. The van der Waals surface area contributed by atoms with Gasteiger partial charge in [0, 0.05) is 62.9 Å². The lowest BCUT2D eigenvalue weighted by molar-refractivity contribution is -0.122. The van der Waals surface area contributed by atoms with Crippen LogP contribution in [0.2, 0.25) is 0 Å². The van der Waals surface area contributed by atoms with Crippen LogP contribution in [0.25, 0.3) is 0 Å². The van der Waals surface area contributed by atoms with Crippen molar-refractivity contribution < 1.29 is 24.0 Å². The molecule has 46 heavy (non-hydrogen) atoms. The first-order chi connectivity index (χ1) is 22.4. The van der Waals surface area contributed by atoms with E-state index in [0.717, 1.165) is 95.8 Å². The summed E-state index contributed by atoms with van der Waals surface area (Å²) in [5.74, 6) is 1.31. The number of thioether (sulfide) groups is 1. The zero-order valence-corrected chi connectivity index (χ0v) is 29.2. The van der Waals surface area contributed by atoms with E-state index < -0.39 is 0 Å². The average molecular weight is 667 g/mol. The first-order valence-corrected chi connectivity index (χ1v) is 19.2. The molecule has 2 aliphatic rings. The number of carbonyl (C=O) groups is 5. The van der Waals surface area contributed by atoms with Crippen molar-refractivity contribution in [3.63, 3.8) is 0 Å². The molecule has 2 fully saturated rings. The van der Waals surface area contributed by atoms with Gasteiger partial charge < -0.3 is 31.9 Å². The van der Waals surface area contributed by atoms with Crippen molar-refractivity contribution in [2.75, 3.05) is 31.9 Å². The standard InChI is InChI=1S/C34H62N6O5S/c1-2-3-4-13-22-35-29(41)18-8-5-14-23-36-30(42)19-9-6-15-24-37-31(43)20-10-7-16-25-38-32(44)21-12-11-17-28-33-27(26-46-28)39-34(45)40-33/h27-28,33H,2-26H2,1H3,(H,35,41)(H,36,42)(H,37,43)(H,38,44)(H2,39,40,45). The van der Waals surface area contributed by atoms with E-state index in [1.165, 1.54) is 19.3 Å². The van der Waals surface area contributed by atoms with Crippen LogP contribution < -0.4 is 31.9 Å². The molecule has 3 atom stereocenters. The molecule has 0 bridgehead atoms. The molecule has 2 aliphatic heterocycles. The van der Waals surface area contributed by atoms with Crippen molar-refractivity contribution in [2.45, 2.75) is 153 Å². The normalized spacial score (nSPS) is 18.4. The van der Waals surface area contributed by atoms with Gasteiger partial charge in [-0.05, 0) is 57.8 Å². The fraction of sp³-hybridized carbons (Fsp3) is 0.853. The van der Waals surface area contributed by atoms with Crippen LogP contribution in [0.4, 0.5) is 4.79 Å². The van der Waals surface area contributed by atoms with Crippen LogP contribution in [0.1, 0.15) is 135 Å². The van der Waals surface area contributed by atoms with E-state index >= 15 is 0 Å². The summed E-state index contributed by atoms with van der Waals surface area (Å²) >= 11 is 1.91. The van der Waals surface area contributed by atoms with Crippen molar-refractivity contribution >= 4 is 41.4 Å². The van der Waals surface area contributed by atoms with Crippen LogP contribution in [0, 0.1) is 0 Å². The molecule has 11 nitrogen and oxygen atoms in total. The zero-order chi connectivity index (χ0) is 33.2. The lowest BCUT2D eigenvalue weighted by Crippen LogP contribution is -2.36. The van der Waals surface area contributed by atoms with E-state index in [4.69, 9.17) is 0 Å². The van der Waals surface area contributed by atoms with E-state index in [0.29, 0.717) is 50.6 Å². The lowest BCUT2D eigenvalue weighted by Gasteiger charge is -2.16. The highest BCUT2D eigenvalue weighted by Gasteiger charge is 2.42. The molecule has 0 spiro atoms. The van der Waals surface area contributed by atoms with E-state index in [1.54, 1.807) is 0 Å². The Morgan fingerprint density at radius 1 is 0.587 bits per heavy atom. The molecular formula is C34H62N6O5S. The molecular weight excluding hydrogens is 604 g/mol. The quantitative estimate of drug-likeness (QED) is 0.0536. The number of hydrogen-bond acceptors (Lipinski definition) is 6. The maximum Gasteiger partial charge on any atom is 0.315 e. The van der Waals surface area contributed by atoms with E-state index in [9.17, 15) is 24.0 Å². The highest BCUT2D eigenvalue weighted by molar-refractivity contribution is 8.00. The van der Waals surface area contributed by atoms with Crippen molar-refractivity contribution in [3.8, 4) is 0 Å². The fourth-order valence-electron chi connectivity index (χ4n) is 5.85. The van der Waals surface area contributed by atoms with Gasteiger partial charge in [-0.2, -0.15) is 11.8 Å². The first-order valence-electron chi connectivity index (χ1n) is 18.1. The first kappa shape index (κ1) is 39.7. The van der Waals surface area contributed by atoms with Crippen LogP contribution in [0.3, 0.4) is 0 Å². The highest BCUT2D eigenvalue weighted by atomic mass is 32.2.